The molecule has 2 heteroatoms. The lowest BCUT2D eigenvalue weighted by Crippen LogP contribution is -2.28. The van der Waals surface area contributed by atoms with Crippen molar-refractivity contribution >= 4 is 0 Å². The second-order valence-electron chi connectivity index (χ2n) is 2.29. The van der Waals surface area contributed by atoms with Gasteiger partial charge in [-0.05, 0) is 12.8 Å². The Hall–Kier alpha value is -0.340. The lowest BCUT2D eigenvalue weighted by atomic mass is 10.0. The van der Waals surface area contributed by atoms with Gasteiger partial charge in [0.2, 0.25) is 0 Å². The molecule has 2 nitrogen and oxygen atoms in total. The Kier molecular flexibility index (Phi) is 1.65. The molecule has 0 saturated heterocycles. The van der Waals surface area contributed by atoms with E-state index in [2.05, 4.69) is 0 Å². The fourth-order valence-corrected chi connectivity index (χ4v) is 0.863. The molecule has 0 bridgehead atoms. The fraction of sp³-hybridized carbons (Fsp3) is 0.667. The van der Waals surface area contributed by atoms with Crippen LogP contribution >= 0.6 is 0 Å². The summed E-state index contributed by atoms with van der Waals surface area (Å²) in [6.45, 7) is 0. The highest BCUT2D eigenvalue weighted by molar-refractivity contribution is 5.02. The minimum Gasteiger partial charge on any atom is -0.324 e. The van der Waals surface area contributed by atoms with Gasteiger partial charge in [-0.1, -0.05) is 12.2 Å². The van der Waals surface area contributed by atoms with Crippen molar-refractivity contribution in [1.29, 1.82) is 0 Å². The molecule has 0 aliphatic heterocycles. The topological polar surface area (TPSA) is 52.0 Å². The average Bonchev–Trinajstić information content (AvgIpc) is 1.77. The van der Waals surface area contributed by atoms with E-state index in [0.717, 1.165) is 12.8 Å². The molecule has 46 valence electrons. The number of nitrogens with two attached hydrogens (primary N) is 2. The Balaban J connectivity index is 2.42. The normalized spacial score (nSPS) is 37.8. The number of hydrogen-bond donors (Lipinski definition) is 2. The first-order chi connectivity index (χ1) is 3.79. The molecule has 1 unspecified atom stereocenters. The molecule has 2 atom stereocenters. The zero-order valence-electron chi connectivity index (χ0n) is 4.88. The van der Waals surface area contributed by atoms with Crippen LogP contribution in [0.25, 0.3) is 0 Å². The summed E-state index contributed by atoms with van der Waals surface area (Å²) in [5.41, 5.74) is 11.1. The number of rotatable bonds is 0. The van der Waals surface area contributed by atoms with Gasteiger partial charge in [-0.3, -0.25) is 0 Å². The van der Waals surface area contributed by atoms with Crippen molar-refractivity contribution in [3.8, 4) is 0 Å². The summed E-state index contributed by atoms with van der Waals surface area (Å²) in [4.78, 5) is 0. The van der Waals surface area contributed by atoms with Crippen molar-refractivity contribution in [3.05, 3.63) is 12.2 Å². The van der Waals surface area contributed by atoms with Crippen LogP contribution in [0.1, 0.15) is 12.8 Å². The first kappa shape index (κ1) is 5.79. The predicted octanol–water partition coefficient (Wildman–Crippen LogP) is -0.00900. The van der Waals surface area contributed by atoms with Crippen LogP contribution in [0.5, 0.6) is 0 Å². The summed E-state index contributed by atoms with van der Waals surface area (Å²) in [5.74, 6) is 0. The monoisotopic (exact) mass is 112 g/mol. The third-order valence-electron chi connectivity index (χ3n) is 1.44. The quantitative estimate of drug-likeness (QED) is 0.433. The summed E-state index contributed by atoms with van der Waals surface area (Å²) in [5, 5.41) is 0. The third kappa shape index (κ3) is 1.32. The van der Waals surface area contributed by atoms with Crippen molar-refractivity contribution < 1.29 is 0 Å². The minimum atomic E-state index is 0.259. The Morgan fingerprint density at radius 2 is 1.38 bits per heavy atom. The molecule has 0 aromatic rings. The zero-order chi connectivity index (χ0) is 5.98. The molecule has 0 saturated carbocycles. The van der Waals surface area contributed by atoms with E-state index >= 15 is 0 Å². The van der Waals surface area contributed by atoms with Crippen molar-refractivity contribution in [2.24, 2.45) is 11.5 Å². The highest BCUT2D eigenvalue weighted by atomic mass is 14.7. The Morgan fingerprint density at radius 3 is 1.62 bits per heavy atom. The van der Waals surface area contributed by atoms with Gasteiger partial charge in [-0.25, -0.2) is 0 Å². The molecule has 4 N–H and O–H groups in total. The van der Waals surface area contributed by atoms with Crippen LogP contribution in [0.4, 0.5) is 0 Å². The summed E-state index contributed by atoms with van der Waals surface area (Å²) < 4.78 is 0. The van der Waals surface area contributed by atoms with Gasteiger partial charge in [0.1, 0.15) is 0 Å². The van der Waals surface area contributed by atoms with Crippen molar-refractivity contribution in [2.75, 3.05) is 0 Å². The molecule has 0 spiro atoms. The second-order valence-corrected chi connectivity index (χ2v) is 2.29. The maximum absolute atomic E-state index is 5.55. The minimum absolute atomic E-state index is 0.259. The largest absolute Gasteiger partial charge is 0.324 e. The molecule has 0 aromatic carbocycles. The van der Waals surface area contributed by atoms with Crippen LogP contribution in [0, 0.1) is 0 Å². The zero-order valence-corrected chi connectivity index (χ0v) is 4.88. The van der Waals surface area contributed by atoms with E-state index in [1.54, 1.807) is 0 Å². The SMILES string of the molecule is NC1C=C[C@@H](N)CC1. The van der Waals surface area contributed by atoms with E-state index in [-0.39, 0.29) is 12.1 Å². The van der Waals surface area contributed by atoms with Gasteiger partial charge in [0.05, 0.1) is 0 Å². The van der Waals surface area contributed by atoms with Gasteiger partial charge >= 0.3 is 0 Å². The summed E-state index contributed by atoms with van der Waals surface area (Å²) in [6.07, 6.45) is 6.04. The summed E-state index contributed by atoms with van der Waals surface area (Å²) >= 11 is 0. The van der Waals surface area contributed by atoms with Crippen molar-refractivity contribution in [2.45, 2.75) is 24.9 Å². The molecule has 0 aromatic heterocycles. The van der Waals surface area contributed by atoms with Crippen LogP contribution in [0.15, 0.2) is 12.2 Å². The lowest BCUT2D eigenvalue weighted by Gasteiger charge is -2.15. The third-order valence-corrected chi connectivity index (χ3v) is 1.44. The Bertz CT molecular complexity index is 86.7. The van der Waals surface area contributed by atoms with Gasteiger partial charge < -0.3 is 11.5 Å². The predicted molar refractivity (Wildman–Crippen MR) is 34.3 cm³/mol. The second kappa shape index (κ2) is 2.29. The van der Waals surface area contributed by atoms with E-state index in [4.69, 9.17) is 11.5 Å². The Labute approximate surface area is 49.5 Å². The van der Waals surface area contributed by atoms with Crippen LogP contribution < -0.4 is 11.5 Å². The van der Waals surface area contributed by atoms with E-state index < -0.39 is 0 Å². The molecular weight excluding hydrogens is 100 g/mol. The molecule has 0 fully saturated rings. The van der Waals surface area contributed by atoms with Crippen LogP contribution in [-0.4, -0.2) is 12.1 Å². The van der Waals surface area contributed by atoms with E-state index in [9.17, 15) is 0 Å². The molecule has 0 amide bonds. The van der Waals surface area contributed by atoms with Gasteiger partial charge in [0, 0.05) is 12.1 Å². The van der Waals surface area contributed by atoms with Crippen molar-refractivity contribution in [1.82, 2.24) is 0 Å². The maximum Gasteiger partial charge on any atom is 0.0224 e. The highest BCUT2D eigenvalue weighted by Gasteiger charge is 2.06. The molecule has 1 aliphatic rings. The Morgan fingerprint density at radius 1 is 1.00 bits per heavy atom. The van der Waals surface area contributed by atoms with E-state index in [0.29, 0.717) is 0 Å². The van der Waals surface area contributed by atoms with Crippen LogP contribution in [0.3, 0.4) is 0 Å². The first-order valence-electron chi connectivity index (χ1n) is 2.98. The molecule has 1 aliphatic carbocycles. The molecule has 8 heavy (non-hydrogen) atoms. The average molecular weight is 112 g/mol. The smallest absolute Gasteiger partial charge is 0.0224 e. The highest BCUT2D eigenvalue weighted by Crippen LogP contribution is 2.06. The lowest BCUT2D eigenvalue weighted by molar-refractivity contribution is 0.590. The van der Waals surface area contributed by atoms with E-state index in [1.807, 2.05) is 12.2 Å². The van der Waals surface area contributed by atoms with Gasteiger partial charge in [-0.15, -0.1) is 0 Å². The van der Waals surface area contributed by atoms with Crippen LogP contribution in [0.2, 0.25) is 0 Å². The summed E-state index contributed by atoms with van der Waals surface area (Å²) in [7, 11) is 0. The van der Waals surface area contributed by atoms with Gasteiger partial charge in [-0.2, -0.15) is 0 Å². The molecule has 1 rings (SSSR count). The van der Waals surface area contributed by atoms with E-state index in [1.165, 1.54) is 0 Å². The first-order valence-corrected chi connectivity index (χ1v) is 2.98. The van der Waals surface area contributed by atoms with Gasteiger partial charge in [0.15, 0.2) is 0 Å². The number of hydrogen-bond acceptors (Lipinski definition) is 2. The molecular formula is C6H12N2. The summed E-state index contributed by atoms with van der Waals surface area (Å²) in [6, 6.07) is 0.518. The molecule has 0 radical (unpaired) electrons. The fourth-order valence-electron chi connectivity index (χ4n) is 0.863. The standard InChI is InChI=1S/C6H12N2/c7-5-1-2-6(8)4-3-5/h1-2,5-6H,3-4,7-8H2/t5-,6?/m1/s1. The molecule has 0 heterocycles. The van der Waals surface area contributed by atoms with Crippen molar-refractivity contribution in [3.63, 3.8) is 0 Å². The van der Waals surface area contributed by atoms with Gasteiger partial charge in [0.25, 0.3) is 0 Å². The van der Waals surface area contributed by atoms with Crippen LogP contribution in [-0.2, 0) is 0 Å². The maximum atomic E-state index is 5.55.